The number of thiophene rings is 1. The zero-order chi connectivity index (χ0) is 19.3. The van der Waals surface area contributed by atoms with Crippen LogP contribution in [0.4, 0.5) is 0 Å². The second kappa shape index (κ2) is 8.67. The van der Waals surface area contributed by atoms with Crippen molar-refractivity contribution >= 4 is 17.2 Å². The van der Waals surface area contributed by atoms with Crippen LogP contribution < -0.4 is 5.32 Å². The fourth-order valence-electron chi connectivity index (χ4n) is 3.56. The Morgan fingerprint density at radius 2 is 2.14 bits per heavy atom. The molecule has 6 nitrogen and oxygen atoms in total. The Balaban J connectivity index is 1.23. The highest BCUT2D eigenvalue weighted by molar-refractivity contribution is 7.13. The maximum Gasteiger partial charge on any atom is 0.246 e. The minimum atomic E-state index is 0.0495. The Morgan fingerprint density at radius 3 is 2.89 bits per heavy atom. The van der Waals surface area contributed by atoms with Crippen LogP contribution in [0.3, 0.4) is 0 Å². The second-order valence-electron chi connectivity index (χ2n) is 7.25. The summed E-state index contributed by atoms with van der Waals surface area (Å²) in [7, 11) is 0. The van der Waals surface area contributed by atoms with E-state index in [0.717, 1.165) is 37.4 Å². The summed E-state index contributed by atoms with van der Waals surface area (Å²) in [5, 5.41) is 8.89. The summed E-state index contributed by atoms with van der Waals surface area (Å²) in [5.41, 5.74) is 2.62. The van der Waals surface area contributed by atoms with Gasteiger partial charge in [0.1, 0.15) is 0 Å². The predicted octanol–water partition coefficient (Wildman–Crippen LogP) is 3.63. The van der Waals surface area contributed by atoms with E-state index in [0.29, 0.717) is 11.7 Å². The van der Waals surface area contributed by atoms with E-state index in [1.165, 1.54) is 11.1 Å². The highest BCUT2D eigenvalue weighted by Crippen LogP contribution is 2.22. The smallest absolute Gasteiger partial charge is 0.246 e. The first kappa shape index (κ1) is 18.8. The molecule has 0 spiro atoms. The number of rotatable bonds is 6. The number of nitrogens with one attached hydrogen (secondary N) is 1. The lowest BCUT2D eigenvalue weighted by molar-refractivity contribution is -0.126. The molecule has 146 valence electrons. The third-order valence-corrected chi connectivity index (χ3v) is 5.94. The van der Waals surface area contributed by atoms with Gasteiger partial charge < -0.3 is 9.84 Å². The number of aromatic nitrogens is 2. The molecule has 1 saturated heterocycles. The molecule has 4 rings (SSSR count). The van der Waals surface area contributed by atoms with E-state index >= 15 is 0 Å². The van der Waals surface area contributed by atoms with Crippen molar-refractivity contribution < 1.29 is 9.32 Å². The van der Waals surface area contributed by atoms with Crippen LogP contribution in [0.25, 0.3) is 10.7 Å². The molecule has 1 N–H and O–H groups in total. The van der Waals surface area contributed by atoms with Crippen molar-refractivity contribution in [1.29, 1.82) is 0 Å². The topological polar surface area (TPSA) is 71.3 Å². The van der Waals surface area contributed by atoms with Crippen LogP contribution in [0.2, 0.25) is 0 Å². The first-order valence-corrected chi connectivity index (χ1v) is 10.5. The average Bonchev–Trinajstić information content (AvgIpc) is 3.38. The minimum Gasteiger partial charge on any atom is -0.347 e. The quantitative estimate of drug-likeness (QED) is 0.689. The van der Waals surface area contributed by atoms with Gasteiger partial charge in [-0.05, 0) is 49.9 Å². The van der Waals surface area contributed by atoms with Crippen LogP contribution in [0.1, 0.15) is 29.9 Å². The highest BCUT2D eigenvalue weighted by Gasteiger charge is 2.25. The van der Waals surface area contributed by atoms with Crippen molar-refractivity contribution in [2.45, 2.75) is 32.9 Å². The Kier molecular flexibility index (Phi) is 5.83. The van der Waals surface area contributed by atoms with E-state index in [2.05, 4.69) is 51.5 Å². The molecular formula is C21H24N4O2S. The largest absolute Gasteiger partial charge is 0.347 e. The molecule has 2 aromatic heterocycles. The summed E-state index contributed by atoms with van der Waals surface area (Å²) in [6, 6.07) is 12.5. The van der Waals surface area contributed by atoms with E-state index in [-0.39, 0.29) is 18.4 Å². The summed E-state index contributed by atoms with van der Waals surface area (Å²) < 4.78 is 5.24. The number of carbonyl (C=O) groups excluding carboxylic acids is 1. The van der Waals surface area contributed by atoms with Crippen LogP contribution in [-0.4, -0.2) is 34.0 Å². The van der Waals surface area contributed by atoms with Gasteiger partial charge in [0.25, 0.3) is 0 Å². The van der Waals surface area contributed by atoms with E-state index in [1.54, 1.807) is 11.3 Å². The summed E-state index contributed by atoms with van der Waals surface area (Å²) in [6.45, 7) is 5.22. The first-order valence-electron chi connectivity index (χ1n) is 9.59. The lowest BCUT2D eigenvalue weighted by Crippen LogP contribution is -2.40. The molecule has 3 aromatic rings. The average molecular weight is 397 g/mol. The standard InChI is InChI=1S/C21H24N4O2S/c1-15-4-2-5-16(12-15)14-25-9-7-17(8-10-25)21(26)22-13-19-23-20(24-27-19)18-6-3-11-28-18/h2-6,11-12,17H,7-10,13-14H2,1H3,(H,22,26). The minimum absolute atomic E-state index is 0.0495. The molecule has 0 aliphatic carbocycles. The SMILES string of the molecule is Cc1cccc(CN2CCC(C(=O)NCc3nc(-c4cccs4)no3)CC2)c1. The predicted molar refractivity (Wildman–Crippen MR) is 109 cm³/mol. The number of likely N-dealkylation sites (tertiary alicyclic amines) is 1. The molecule has 28 heavy (non-hydrogen) atoms. The molecule has 3 heterocycles. The van der Waals surface area contributed by atoms with Gasteiger partial charge in [-0.25, -0.2) is 0 Å². The molecule has 1 aliphatic rings. The molecule has 7 heteroatoms. The zero-order valence-corrected chi connectivity index (χ0v) is 16.7. The van der Waals surface area contributed by atoms with Gasteiger partial charge in [0.2, 0.25) is 17.6 Å². The molecule has 1 amide bonds. The third kappa shape index (κ3) is 4.66. The molecule has 0 atom stereocenters. The van der Waals surface area contributed by atoms with Crippen LogP contribution in [-0.2, 0) is 17.9 Å². The summed E-state index contributed by atoms with van der Waals surface area (Å²) in [6.07, 6.45) is 1.75. The van der Waals surface area contributed by atoms with Crippen LogP contribution in [0.5, 0.6) is 0 Å². The fraction of sp³-hybridized carbons (Fsp3) is 0.381. The van der Waals surface area contributed by atoms with Gasteiger partial charge in [-0.3, -0.25) is 9.69 Å². The second-order valence-corrected chi connectivity index (χ2v) is 8.19. The number of aryl methyl sites for hydroxylation is 1. The Morgan fingerprint density at radius 1 is 1.29 bits per heavy atom. The Labute approximate surface area is 168 Å². The molecular weight excluding hydrogens is 372 g/mol. The maximum absolute atomic E-state index is 12.5. The summed E-state index contributed by atoms with van der Waals surface area (Å²) in [5.74, 6) is 1.14. The van der Waals surface area contributed by atoms with Gasteiger partial charge in [-0.15, -0.1) is 11.3 Å². The lowest BCUT2D eigenvalue weighted by atomic mass is 9.95. The normalized spacial score (nSPS) is 15.6. The van der Waals surface area contributed by atoms with Crippen LogP contribution in [0.15, 0.2) is 46.3 Å². The monoisotopic (exact) mass is 396 g/mol. The number of hydrogen-bond donors (Lipinski definition) is 1. The van der Waals surface area contributed by atoms with Crippen molar-refractivity contribution in [3.8, 4) is 10.7 Å². The third-order valence-electron chi connectivity index (χ3n) is 5.07. The van der Waals surface area contributed by atoms with Crippen molar-refractivity contribution in [2.24, 2.45) is 5.92 Å². The highest BCUT2D eigenvalue weighted by atomic mass is 32.1. The Hall–Kier alpha value is -2.51. The Bertz CT molecular complexity index is 914. The van der Waals surface area contributed by atoms with Crippen molar-refractivity contribution in [1.82, 2.24) is 20.4 Å². The van der Waals surface area contributed by atoms with Crippen molar-refractivity contribution in [2.75, 3.05) is 13.1 Å². The lowest BCUT2D eigenvalue weighted by Gasteiger charge is -2.31. The van der Waals surface area contributed by atoms with Gasteiger partial charge in [-0.1, -0.05) is 41.1 Å². The molecule has 1 aliphatic heterocycles. The molecule has 1 aromatic carbocycles. The number of nitrogens with zero attached hydrogens (tertiary/aromatic N) is 3. The molecule has 0 unspecified atom stereocenters. The number of benzene rings is 1. The number of piperidine rings is 1. The van der Waals surface area contributed by atoms with Crippen LogP contribution >= 0.6 is 11.3 Å². The number of amides is 1. The van der Waals surface area contributed by atoms with Crippen molar-refractivity contribution in [3.63, 3.8) is 0 Å². The fourth-order valence-corrected chi connectivity index (χ4v) is 4.21. The van der Waals surface area contributed by atoms with Crippen molar-refractivity contribution in [3.05, 3.63) is 58.8 Å². The maximum atomic E-state index is 12.5. The van der Waals surface area contributed by atoms with E-state index in [1.807, 2.05) is 17.5 Å². The first-order chi connectivity index (χ1) is 13.7. The molecule has 0 radical (unpaired) electrons. The molecule has 0 saturated carbocycles. The molecule has 1 fully saturated rings. The van der Waals surface area contributed by atoms with Crippen LogP contribution in [0, 0.1) is 12.8 Å². The van der Waals surface area contributed by atoms with Gasteiger partial charge >= 0.3 is 0 Å². The molecule has 0 bridgehead atoms. The van der Waals surface area contributed by atoms with E-state index in [4.69, 9.17) is 4.52 Å². The van der Waals surface area contributed by atoms with Gasteiger partial charge in [0, 0.05) is 12.5 Å². The van der Waals surface area contributed by atoms with Gasteiger partial charge in [-0.2, -0.15) is 4.98 Å². The van der Waals surface area contributed by atoms with E-state index < -0.39 is 0 Å². The summed E-state index contributed by atoms with van der Waals surface area (Å²) in [4.78, 5) is 20.2. The van der Waals surface area contributed by atoms with E-state index in [9.17, 15) is 4.79 Å². The van der Waals surface area contributed by atoms with Gasteiger partial charge in [0.05, 0.1) is 11.4 Å². The van der Waals surface area contributed by atoms with Gasteiger partial charge in [0.15, 0.2) is 0 Å². The zero-order valence-electron chi connectivity index (χ0n) is 15.9. The number of hydrogen-bond acceptors (Lipinski definition) is 6. The number of carbonyl (C=O) groups is 1. The summed E-state index contributed by atoms with van der Waals surface area (Å²) >= 11 is 1.56.